The van der Waals surface area contributed by atoms with E-state index in [0.29, 0.717) is 28.2 Å². The fourth-order valence-corrected chi connectivity index (χ4v) is 3.86. The van der Waals surface area contributed by atoms with Gasteiger partial charge in [0.2, 0.25) is 11.9 Å². The summed E-state index contributed by atoms with van der Waals surface area (Å²) in [6.45, 7) is 0. The van der Waals surface area contributed by atoms with Crippen molar-refractivity contribution in [2.45, 2.75) is 31.7 Å². The second kappa shape index (κ2) is 7.62. The van der Waals surface area contributed by atoms with E-state index in [9.17, 15) is 14.4 Å². The quantitative estimate of drug-likeness (QED) is 0.608. The minimum Gasteiger partial charge on any atom is -0.495 e. The van der Waals surface area contributed by atoms with Gasteiger partial charge in [0.25, 0.3) is 0 Å². The minimum absolute atomic E-state index is 0.0546. The van der Waals surface area contributed by atoms with Crippen molar-refractivity contribution in [2.75, 3.05) is 12.4 Å². The largest absolute Gasteiger partial charge is 0.495 e. The van der Waals surface area contributed by atoms with Gasteiger partial charge < -0.3 is 20.4 Å². The number of hydrogen-bond acceptors (Lipinski definition) is 7. The van der Waals surface area contributed by atoms with Gasteiger partial charge in [-0.05, 0) is 31.0 Å². The molecular weight excluding hydrogens is 388 g/mol. The predicted molar refractivity (Wildman–Crippen MR) is 111 cm³/mol. The van der Waals surface area contributed by atoms with E-state index in [1.54, 1.807) is 12.1 Å². The highest BCUT2D eigenvalue weighted by atomic mass is 16.5. The summed E-state index contributed by atoms with van der Waals surface area (Å²) in [5.41, 5.74) is 5.86. The molecule has 10 heteroatoms. The summed E-state index contributed by atoms with van der Waals surface area (Å²) in [5, 5.41) is 3.05. The van der Waals surface area contributed by atoms with Crippen molar-refractivity contribution < 1.29 is 9.53 Å². The summed E-state index contributed by atoms with van der Waals surface area (Å²) in [7, 11) is 3.01. The first-order chi connectivity index (χ1) is 14.4. The van der Waals surface area contributed by atoms with Crippen molar-refractivity contribution in [3.63, 3.8) is 0 Å². The Bertz CT molecular complexity index is 1260. The highest BCUT2D eigenvalue weighted by Crippen LogP contribution is 2.31. The van der Waals surface area contributed by atoms with Gasteiger partial charge >= 0.3 is 11.1 Å². The maximum atomic E-state index is 12.7. The molecule has 30 heavy (non-hydrogen) atoms. The van der Waals surface area contributed by atoms with Gasteiger partial charge in [-0.1, -0.05) is 12.8 Å². The summed E-state index contributed by atoms with van der Waals surface area (Å²) in [4.78, 5) is 45.4. The highest BCUT2D eigenvalue weighted by molar-refractivity contribution is 5.94. The Balaban J connectivity index is 1.83. The molecule has 156 valence electrons. The van der Waals surface area contributed by atoms with E-state index in [1.165, 1.54) is 35.6 Å². The van der Waals surface area contributed by atoms with Crippen molar-refractivity contribution in [1.29, 1.82) is 0 Å². The lowest BCUT2D eigenvalue weighted by atomic mass is 10.2. The molecule has 1 fully saturated rings. The Morgan fingerprint density at radius 3 is 2.63 bits per heavy atom. The minimum atomic E-state index is -0.595. The van der Waals surface area contributed by atoms with Crippen LogP contribution in [0.5, 0.6) is 5.75 Å². The van der Waals surface area contributed by atoms with E-state index in [1.807, 2.05) is 0 Å². The van der Waals surface area contributed by atoms with Crippen LogP contribution >= 0.6 is 0 Å². The second-order valence-electron chi connectivity index (χ2n) is 7.28. The summed E-state index contributed by atoms with van der Waals surface area (Å²) in [5.74, 6) is 0.0596. The highest BCUT2D eigenvalue weighted by Gasteiger charge is 2.23. The molecule has 3 aromatic rings. The first-order valence-corrected chi connectivity index (χ1v) is 9.64. The maximum absolute atomic E-state index is 12.7. The number of rotatable bonds is 5. The van der Waals surface area contributed by atoms with Gasteiger partial charge in [0, 0.05) is 18.7 Å². The van der Waals surface area contributed by atoms with Crippen LogP contribution in [-0.2, 0) is 7.05 Å². The van der Waals surface area contributed by atoms with Crippen LogP contribution in [0.4, 0.5) is 11.6 Å². The molecule has 1 saturated carbocycles. The number of anilines is 2. The van der Waals surface area contributed by atoms with Crippen LogP contribution in [0.15, 0.2) is 34.0 Å². The van der Waals surface area contributed by atoms with Crippen LogP contribution in [0.25, 0.3) is 11.2 Å². The number of amides is 1. The molecule has 0 bridgehead atoms. The Hall–Kier alpha value is -3.69. The van der Waals surface area contributed by atoms with Crippen LogP contribution in [0.3, 0.4) is 0 Å². The lowest BCUT2D eigenvalue weighted by molar-refractivity contribution is 0.1000. The smallest absolute Gasteiger partial charge is 0.318 e. The first-order valence-electron chi connectivity index (χ1n) is 9.64. The number of carbonyl (C=O) groups excluding carboxylic acids is 1. The average Bonchev–Trinajstić information content (AvgIpc) is 3.26. The maximum Gasteiger partial charge on any atom is 0.318 e. The lowest BCUT2D eigenvalue weighted by Crippen LogP contribution is -2.42. The zero-order chi connectivity index (χ0) is 21.4. The SMILES string of the molecule is COc1cc(C(N)=O)ccc1Nc1ncc2c(n1)n(C1CCCC1)c(=O)c(=O)n2C. The number of primary amides is 1. The number of fused-ring (bicyclic) bond motifs is 1. The molecule has 0 saturated heterocycles. The third-order valence-electron chi connectivity index (χ3n) is 5.47. The van der Waals surface area contributed by atoms with Gasteiger partial charge in [-0.15, -0.1) is 0 Å². The number of ether oxygens (including phenoxy) is 1. The Morgan fingerprint density at radius 2 is 1.97 bits per heavy atom. The van der Waals surface area contributed by atoms with E-state index >= 15 is 0 Å². The van der Waals surface area contributed by atoms with Gasteiger partial charge in [0.15, 0.2) is 5.65 Å². The molecule has 0 aliphatic heterocycles. The van der Waals surface area contributed by atoms with Crippen LogP contribution in [0, 0.1) is 0 Å². The van der Waals surface area contributed by atoms with Crippen molar-refractivity contribution >= 4 is 28.7 Å². The second-order valence-corrected chi connectivity index (χ2v) is 7.28. The van der Waals surface area contributed by atoms with E-state index < -0.39 is 17.0 Å². The monoisotopic (exact) mass is 410 g/mol. The average molecular weight is 410 g/mol. The zero-order valence-corrected chi connectivity index (χ0v) is 16.7. The van der Waals surface area contributed by atoms with Crippen molar-refractivity contribution in [3.8, 4) is 5.75 Å². The molecule has 1 aliphatic carbocycles. The topological polar surface area (TPSA) is 134 Å². The molecule has 4 rings (SSSR count). The number of nitrogens with one attached hydrogen (secondary N) is 1. The molecule has 1 aliphatic rings. The zero-order valence-electron chi connectivity index (χ0n) is 16.7. The molecule has 10 nitrogen and oxygen atoms in total. The van der Waals surface area contributed by atoms with E-state index in [0.717, 1.165) is 25.7 Å². The van der Waals surface area contributed by atoms with Gasteiger partial charge in [-0.3, -0.25) is 19.0 Å². The molecule has 0 unspecified atom stereocenters. The van der Waals surface area contributed by atoms with Gasteiger partial charge in [-0.25, -0.2) is 4.98 Å². The molecule has 3 N–H and O–H groups in total. The Kier molecular flexibility index (Phi) is 4.98. The number of hydrogen-bond donors (Lipinski definition) is 2. The number of methoxy groups -OCH3 is 1. The van der Waals surface area contributed by atoms with Gasteiger partial charge in [0.1, 0.15) is 11.3 Å². The molecule has 0 spiro atoms. The number of aryl methyl sites for hydroxylation is 1. The lowest BCUT2D eigenvalue weighted by Gasteiger charge is -2.18. The summed E-state index contributed by atoms with van der Waals surface area (Å²) < 4.78 is 8.11. The van der Waals surface area contributed by atoms with Crippen LogP contribution in [0.1, 0.15) is 42.1 Å². The van der Waals surface area contributed by atoms with Crippen molar-refractivity contribution in [1.82, 2.24) is 19.1 Å². The Labute approximate surface area is 171 Å². The number of carbonyl (C=O) groups is 1. The van der Waals surface area contributed by atoms with E-state index in [4.69, 9.17) is 10.5 Å². The number of aromatic nitrogens is 4. The fraction of sp³-hybridized carbons (Fsp3) is 0.350. The third kappa shape index (κ3) is 3.30. The van der Waals surface area contributed by atoms with Crippen LogP contribution in [-0.4, -0.2) is 32.1 Å². The molecule has 1 amide bonds. The fourth-order valence-electron chi connectivity index (χ4n) is 3.86. The van der Waals surface area contributed by atoms with Gasteiger partial charge in [-0.2, -0.15) is 4.98 Å². The summed E-state index contributed by atoms with van der Waals surface area (Å²) in [6, 6.07) is 4.66. The molecular formula is C20H22N6O4. The number of nitrogens with zero attached hydrogens (tertiary/aromatic N) is 4. The standard InChI is InChI=1S/C20H22N6O4/c1-25-14-10-22-20(23-13-8-7-11(16(21)27)9-15(13)30-2)24-17(14)26(19(29)18(25)28)12-5-3-4-6-12/h7-10,12H,3-6H2,1-2H3,(H2,21,27)(H,22,23,24). The molecule has 2 heterocycles. The molecule has 0 radical (unpaired) electrons. The summed E-state index contributed by atoms with van der Waals surface area (Å²) >= 11 is 0. The third-order valence-corrected chi connectivity index (χ3v) is 5.47. The first kappa shape index (κ1) is 19.6. The van der Waals surface area contributed by atoms with Crippen molar-refractivity contribution in [3.05, 3.63) is 50.7 Å². The van der Waals surface area contributed by atoms with Crippen LogP contribution < -0.4 is 26.9 Å². The predicted octanol–water partition coefficient (Wildman–Crippen LogP) is 1.46. The number of nitrogens with two attached hydrogens (primary N) is 1. The van der Waals surface area contributed by atoms with Crippen LogP contribution in [0.2, 0.25) is 0 Å². The molecule has 2 aromatic heterocycles. The number of benzene rings is 1. The Morgan fingerprint density at radius 1 is 1.23 bits per heavy atom. The van der Waals surface area contributed by atoms with E-state index in [-0.39, 0.29) is 12.0 Å². The normalized spacial score (nSPS) is 14.2. The summed E-state index contributed by atoms with van der Waals surface area (Å²) in [6.07, 6.45) is 5.19. The molecule has 0 atom stereocenters. The van der Waals surface area contributed by atoms with Gasteiger partial charge in [0.05, 0.1) is 19.0 Å². The van der Waals surface area contributed by atoms with E-state index in [2.05, 4.69) is 15.3 Å². The molecule has 1 aromatic carbocycles. The van der Waals surface area contributed by atoms with Crippen molar-refractivity contribution in [2.24, 2.45) is 12.8 Å².